The highest BCUT2D eigenvalue weighted by Gasteiger charge is 2.16. The van der Waals surface area contributed by atoms with Crippen molar-refractivity contribution in [2.45, 2.75) is 6.92 Å². The van der Waals surface area contributed by atoms with Crippen molar-refractivity contribution in [1.29, 1.82) is 0 Å². The maximum Gasteiger partial charge on any atom is 0.254 e. The van der Waals surface area contributed by atoms with Crippen molar-refractivity contribution < 1.29 is 18.7 Å². The molecule has 1 aromatic heterocycles. The Bertz CT molecular complexity index is 709. The lowest BCUT2D eigenvalue weighted by molar-refractivity contribution is 0.0828. The minimum absolute atomic E-state index is 0.0505. The highest BCUT2D eigenvalue weighted by atomic mass is 32.1. The van der Waals surface area contributed by atoms with E-state index in [-0.39, 0.29) is 24.0 Å². The van der Waals surface area contributed by atoms with Crippen molar-refractivity contribution in [3.63, 3.8) is 0 Å². The summed E-state index contributed by atoms with van der Waals surface area (Å²) in [5, 5.41) is 1.63. The molecule has 0 N–H and O–H groups in total. The van der Waals surface area contributed by atoms with Crippen LogP contribution in [0.1, 0.15) is 25.6 Å². The molecular formula is C16H16FNO3S. The minimum Gasteiger partial charge on any atom is -0.482 e. The molecule has 4 nitrogen and oxygen atoms in total. The van der Waals surface area contributed by atoms with E-state index >= 15 is 0 Å². The predicted octanol–water partition coefficient (Wildman–Crippen LogP) is 3.16. The number of halogens is 1. The zero-order chi connectivity index (χ0) is 16.3. The lowest BCUT2D eigenvalue weighted by Crippen LogP contribution is -2.21. The summed E-state index contributed by atoms with van der Waals surface area (Å²) in [6, 6.07) is 6.00. The molecule has 0 aliphatic rings. The second kappa shape index (κ2) is 6.70. The van der Waals surface area contributed by atoms with Crippen LogP contribution in [0.4, 0.5) is 4.39 Å². The standard InChI is InChI=1S/C16H16FNO3S/c1-10-4-5-12(17)14(6-10)21-8-13(19)15-7-11(9-22-15)16(20)18(2)3/h4-7,9H,8H2,1-3H3. The van der Waals surface area contributed by atoms with Crippen molar-refractivity contribution in [3.05, 3.63) is 51.5 Å². The van der Waals surface area contributed by atoms with Crippen LogP contribution in [0.5, 0.6) is 5.75 Å². The normalized spacial score (nSPS) is 10.4. The Morgan fingerprint density at radius 3 is 2.68 bits per heavy atom. The molecule has 0 saturated heterocycles. The number of nitrogens with zero attached hydrogens (tertiary/aromatic N) is 1. The zero-order valence-corrected chi connectivity index (χ0v) is 13.4. The summed E-state index contributed by atoms with van der Waals surface area (Å²) >= 11 is 1.18. The molecule has 0 spiro atoms. The van der Waals surface area contributed by atoms with E-state index in [1.807, 2.05) is 6.92 Å². The third-order valence-corrected chi connectivity index (χ3v) is 3.94. The Labute approximate surface area is 132 Å². The molecule has 0 fully saturated rings. The van der Waals surface area contributed by atoms with Crippen molar-refractivity contribution in [2.24, 2.45) is 0 Å². The largest absolute Gasteiger partial charge is 0.482 e. The van der Waals surface area contributed by atoms with E-state index in [0.717, 1.165) is 5.56 Å². The molecule has 6 heteroatoms. The van der Waals surface area contributed by atoms with Crippen LogP contribution in [0.3, 0.4) is 0 Å². The second-order valence-corrected chi connectivity index (χ2v) is 5.96. The fourth-order valence-electron chi connectivity index (χ4n) is 1.79. The smallest absolute Gasteiger partial charge is 0.254 e. The number of ketones is 1. The van der Waals surface area contributed by atoms with Gasteiger partial charge in [0.2, 0.25) is 5.78 Å². The lowest BCUT2D eigenvalue weighted by Gasteiger charge is -2.07. The van der Waals surface area contributed by atoms with E-state index in [2.05, 4.69) is 0 Å². The van der Waals surface area contributed by atoms with Gasteiger partial charge in [-0.1, -0.05) is 6.07 Å². The number of amides is 1. The average molecular weight is 321 g/mol. The Kier molecular flexibility index (Phi) is 4.92. The number of rotatable bonds is 5. The SMILES string of the molecule is Cc1ccc(F)c(OCC(=O)c2cc(C(=O)N(C)C)cs2)c1. The molecule has 1 aromatic carbocycles. The molecule has 0 saturated carbocycles. The van der Waals surface area contributed by atoms with Gasteiger partial charge in [-0.3, -0.25) is 9.59 Å². The first-order valence-corrected chi connectivity index (χ1v) is 7.49. The predicted molar refractivity (Wildman–Crippen MR) is 83.3 cm³/mol. The van der Waals surface area contributed by atoms with Gasteiger partial charge in [-0.25, -0.2) is 4.39 Å². The van der Waals surface area contributed by atoms with Crippen LogP contribution in [-0.2, 0) is 0 Å². The van der Waals surface area contributed by atoms with Crippen LogP contribution in [0.2, 0.25) is 0 Å². The van der Waals surface area contributed by atoms with Gasteiger partial charge in [0.05, 0.1) is 10.4 Å². The number of thiophene rings is 1. The van der Waals surface area contributed by atoms with Crippen LogP contribution >= 0.6 is 11.3 Å². The molecule has 1 amide bonds. The molecule has 0 radical (unpaired) electrons. The third-order valence-electron chi connectivity index (χ3n) is 2.97. The fourth-order valence-corrected chi connectivity index (χ4v) is 2.60. The van der Waals surface area contributed by atoms with Gasteiger partial charge in [0.25, 0.3) is 5.91 Å². The van der Waals surface area contributed by atoms with Gasteiger partial charge in [-0.2, -0.15) is 0 Å². The van der Waals surface area contributed by atoms with Crippen LogP contribution in [0.25, 0.3) is 0 Å². The number of hydrogen-bond donors (Lipinski definition) is 0. The first kappa shape index (κ1) is 16.2. The molecular weight excluding hydrogens is 305 g/mol. The summed E-state index contributed by atoms with van der Waals surface area (Å²) in [5.41, 5.74) is 1.30. The summed E-state index contributed by atoms with van der Waals surface area (Å²) in [6.07, 6.45) is 0. The van der Waals surface area contributed by atoms with E-state index in [0.29, 0.717) is 10.4 Å². The molecule has 2 aromatic rings. The van der Waals surface area contributed by atoms with Crippen molar-refractivity contribution in [1.82, 2.24) is 4.90 Å². The van der Waals surface area contributed by atoms with Crippen molar-refractivity contribution in [3.8, 4) is 5.75 Å². The van der Waals surface area contributed by atoms with Crippen LogP contribution < -0.4 is 4.74 Å². The molecule has 0 aliphatic heterocycles. The lowest BCUT2D eigenvalue weighted by atomic mass is 10.2. The minimum atomic E-state index is -0.506. The molecule has 1 heterocycles. The Hall–Kier alpha value is -2.21. The summed E-state index contributed by atoms with van der Waals surface area (Å²) in [6.45, 7) is 1.54. The zero-order valence-electron chi connectivity index (χ0n) is 12.6. The van der Waals surface area contributed by atoms with Gasteiger partial charge in [0, 0.05) is 19.5 Å². The van der Waals surface area contributed by atoms with Gasteiger partial charge < -0.3 is 9.64 Å². The molecule has 0 unspecified atom stereocenters. The number of carbonyl (C=O) groups excluding carboxylic acids is 2. The maximum atomic E-state index is 13.5. The van der Waals surface area contributed by atoms with Gasteiger partial charge >= 0.3 is 0 Å². The van der Waals surface area contributed by atoms with Gasteiger partial charge in [0.15, 0.2) is 18.2 Å². The average Bonchev–Trinajstić information content (AvgIpc) is 2.96. The Morgan fingerprint density at radius 1 is 1.27 bits per heavy atom. The Morgan fingerprint density at radius 2 is 2.00 bits per heavy atom. The van der Waals surface area contributed by atoms with E-state index in [9.17, 15) is 14.0 Å². The highest BCUT2D eigenvalue weighted by molar-refractivity contribution is 7.12. The van der Waals surface area contributed by atoms with Gasteiger partial charge in [0.1, 0.15) is 0 Å². The first-order chi connectivity index (χ1) is 10.4. The van der Waals surface area contributed by atoms with Gasteiger partial charge in [-0.15, -0.1) is 11.3 Å². The molecule has 0 bridgehead atoms. The number of carbonyl (C=O) groups is 2. The van der Waals surface area contributed by atoms with Crippen molar-refractivity contribution >= 4 is 23.0 Å². The van der Waals surface area contributed by atoms with E-state index < -0.39 is 5.82 Å². The number of benzene rings is 1. The van der Waals surface area contributed by atoms with E-state index in [4.69, 9.17) is 4.74 Å². The summed E-state index contributed by atoms with van der Waals surface area (Å²) in [4.78, 5) is 25.7. The molecule has 0 aliphatic carbocycles. The summed E-state index contributed by atoms with van der Waals surface area (Å²) in [5.74, 6) is -0.910. The van der Waals surface area contributed by atoms with Crippen LogP contribution in [0.15, 0.2) is 29.6 Å². The summed E-state index contributed by atoms with van der Waals surface area (Å²) in [7, 11) is 3.29. The molecule has 2 rings (SSSR count). The number of hydrogen-bond acceptors (Lipinski definition) is 4. The number of aryl methyl sites for hydroxylation is 1. The van der Waals surface area contributed by atoms with Crippen molar-refractivity contribution in [2.75, 3.05) is 20.7 Å². The molecule has 116 valence electrons. The van der Waals surface area contributed by atoms with E-state index in [1.54, 1.807) is 25.5 Å². The van der Waals surface area contributed by atoms with Crippen LogP contribution in [-0.4, -0.2) is 37.3 Å². The Balaban J connectivity index is 2.04. The topological polar surface area (TPSA) is 46.6 Å². The quantitative estimate of drug-likeness (QED) is 0.795. The fraction of sp³-hybridized carbons (Fsp3) is 0.250. The maximum absolute atomic E-state index is 13.5. The first-order valence-electron chi connectivity index (χ1n) is 6.61. The van der Waals surface area contributed by atoms with E-state index in [1.165, 1.54) is 34.4 Å². The number of ether oxygens (including phenoxy) is 1. The summed E-state index contributed by atoms with van der Waals surface area (Å²) < 4.78 is 18.8. The second-order valence-electron chi connectivity index (χ2n) is 5.04. The number of Topliss-reactive ketones (excluding diaryl/α,β-unsaturated/α-hetero) is 1. The van der Waals surface area contributed by atoms with Gasteiger partial charge in [-0.05, 0) is 30.7 Å². The molecule has 0 atom stereocenters. The molecule has 22 heavy (non-hydrogen) atoms. The highest BCUT2D eigenvalue weighted by Crippen LogP contribution is 2.20. The van der Waals surface area contributed by atoms with Crippen LogP contribution in [0, 0.1) is 12.7 Å². The third kappa shape index (κ3) is 3.71. The monoisotopic (exact) mass is 321 g/mol.